The number of hydrogen-bond acceptors (Lipinski definition) is 9. The number of nitrogens with one attached hydrogen (secondary N) is 1. The first-order valence-electron chi connectivity index (χ1n) is 11.7. The van der Waals surface area contributed by atoms with Gasteiger partial charge in [0.15, 0.2) is 5.65 Å². The zero-order valence-electron chi connectivity index (χ0n) is 21.4. The standard InChI is InChI=1S/C25H31N9O.ClH/c1-24(2)12-16(13-25(3,4)31-24)33(5)23-26-14-20(28-30-23)17-8-7-15(11-21(17)35)18-9-10-19-22(27-18)34(6)32-29-19;/h7-11,14,16,31,35H,12-13H2,1-6H3;1H. The minimum atomic E-state index is 0. The molecule has 0 bridgehead atoms. The normalized spacial score (nSPS) is 17.1. The summed E-state index contributed by atoms with van der Waals surface area (Å²) in [5, 5.41) is 31.3. The molecule has 0 aliphatic carbocycles. The first-order valence-corrected chi connectivity index (χ1v) is 11.7. The summed E-state index contributed by atoms with van der Waals surface area (Å²) in [6.07, 6.45) is 3.63. The second kappa shape index (κ2) is 9.25. The third-order valence-corrected chi connectivity index (χ3v) is 6.60. The molecule has 1 fully saturated rings. The van der Waals surface area contributed by atoms with E-state index in [0.717, 1.165) is 29.6 Å². The Labute approximate surface area is 216 Å². The van der Waals surface area contributed by atoms with E-state index in [0.29, 0.717) is 28.9 Å². The van der Waals surface area contributed by atoms with Crippen molar-refractivity contribution in [1.82, 2.24) is 40.5 Å². The maximum Gasteiger partial charge on any atom is 0.245 e. The first kappa shape index (κ1) is 25.7. The number of anilines is 1. The van der Waals surface area contributed by atoms with Gasteiger partial charge in [0.1, 0.15) is 17.0 Å². The number of aromatic nitrogens is 7. The predicted octanol–water partition coefficient (Wildman–Crippen LogP) is 3.76. The molecule has 10 nitrogen and oxygen atoms in total. The van der Waals surface area contributed by atoms with E-state index in [9.17, 15) is 5.11 Å². The Morgan fingerprint density at radius 3 is 2.36 bits per heavy atom. The predicted molar refractivity (Wildman–Crippen MR) is 142 cm³/mol. The topological polar surface area (TPSA) is 118 Å². The molecular formula is C25H32ClN9O. The summed E-state index contributed by atoms with van der Waals surface area (Å²) in [5.74, 6) is 0.664. The fraction of sp³-hybridized carbons (Fsp3) is 0.440. The van der Waals surface area contributed by atoms with Crippen LogP contribution in [0.1, 0.15) is 40.5 Å². The summed E-state index contributed by atoms with van der Waals surface area (Å²) in [7, 11) is 3.82. The van der Waals surface area contributed by atoms with E-state index in [4.69, 9.17) is 0 Å². The van der Waals surface area contributed by atoms with Gasteiger partial charge in [-0.2, -0.15) is 0 Å². The zero-order chi connectivity index (χ0) is 25.0. The van der Waals surface area contributed by atoms with E-state index in [1.54, 1.807) is 24.0 Å². The molecule has 1 aliphatic heterocycles. The lowest BCUT2D eigenvalue weighted by Crippen LogP contribution is -2.62. The highest BCUT2D eigenvalue weighted by Gasteiger charge is 2.39. The lowest BCUT2D eigenvalue weighted by molar-refractivity contribution is 0.160. The molecule has 11 heteroatoms. The monoisotopic (exact) mass is 509 g/mol. The largest absolute Gasteiger partial charge is 0.507 e. The van der Waals surface area contributed by atoms with E-state index >= 15 is 0 Å². The highest BCUT2D eigenvalue weighted by molar-refractivity contribution is 5.85. The maximum atomic E-state index is 10.8. The number of nitrogens with zero attached hydrogens (tertiary/aromatic N) is 8. The van der Waals surface area contributed by atoms with Crippen molar-refractivity contribution in [1.29, 1.82) is 0 Å². The van der Waals surface area contributed by atoms with Gasteiger partial charge in [0, 0.05) is 42.3 Å². The molecule has 4 heterocycles. The number of phenolic OH excluding ortho intramolecular Hbond substituents is 1. The lowest BCUT2D eigenvalue weighted by Gasteiger charge is -2.48. The molecule has 2 N–H and O–H groups in total. The van der Waals surface area contributed by atoms with Crippen LogP contribution in [0, 0.1) is 0 Å². The highest BCUT2D eigenvalue weighted by Crippen LogP contribution is 2.34. The molecule has 0 amide bonds. The molecule has 0 unspecified atom stereocenters. The molecule has 1 aliphatic rings. The number of halogens is 1. The van der Waals surface area contributed by atoms with E-state index in [1.807, 2.05) is 31.3 Å². The number of piperidine rings is 1. The Bertz CT molecular complexity index is 1370. The van der Waals surface area contributed by atoms with Crippen molar-refractivity contribution in [3.05, 3.63) is 36.5 Å². The number of benzene rings is 1. The molecule has 190 valence electrons. The lowest BCUT2D eigenvalue weighted by atomic mass is 9.79. The number of aromatic hydroxyl groups is 1. The molecular weight excluding hydrogens is 478 g/mol. The highest BCUT2D eigenvalue weighted by atomic mass is 35.5. The van der Waals surface area contributed by atoms with Gasteiger partial charge in [-0.05, 0) is 64.8 Å². The molecule has 0 saturated carbocycles. The average molecular weight is 510 g/mol. The van der Waals surface area contributed by atoms with Crippen molar-refractivity contribution in [3.63, 3.8) is 0 Å². The Balaban J connectivity index is 0.00000304. The maximum absolute atomic E-state index is 10.8. The van der Waals surface area contributed by atoms with E-state index < -0.39 is 0 Å². The quantitative estimate of drug-likeness (QED) is 0.424. The van der Waals surface area contributed by atoms with Gasteiger partial charge in [0.05, 0.1) is 11.9 Å². The van der Waals surface area contributed by atoms with Crippen LogP contribution in [-0.2, 0) is 7.05 Å². The van der Waals surface area contributed by atoms with Gasteiger partial charge in [-0.25, -0.2) is 14.6 Å². The molecule has 0 atom stereocenters. The minimum absolute atomic E-state index is 0. The van der Waals surface area contributed by atoms with Gasteiger partial charge in [-0.15, -0.1) is 27.7 Å². The van der Waals surface area contributed by atoms with Gasteiger partial charge < -0.3 is 15.3 Å². The number of aryl methyl sites for hydroxylation is 1. The van der Waals surface area contributed by atoms with Crippen molar-refractivity contribution in [2.45, 2.75) is 57.7 Å². The van der Waals surface area contributed by atoms with Crippen molar-refractivity contribution < 1.29 is 5.11 Å². The Kier molecular flexibility index (Phi) is 6.61. The molecule has 0 radical (unpaired) electrons. The van der Waals surface area contributed by atoms with E-state index in [1.165, 1.54) is 0 Å². The number of pyridine rings is 1. The van der Waals surface area contributed by atoms with Crippen molar-refractivity contribution in [2.75, 3.05) is 11.9 Å². The van der Waals surface area contributed by atoms with E-state index in [2.05, 4.69) is 68.4 Å². The van der Waals surface area contributed by atoms with Crippen molar-refractivity contribution >= 4 is 29.5 Å². The van der Waals surface area contributed by atoms with Crippen molar-refractivity contribution in [2.24, 2.45) is 7.05 Å². The van der Waals surface area contributed by atoms with Crippen LogP contribution in [0.4, 0.5) is 5.95 Å². The fourth-order valence-corrected chi connectivity index (χ4v) is 5.24. The number of rotatable bonds is 4. The molecule has 5 rings (SSSR count). The number of fused-ring (bicyclic) bond motifs is 1. The van der Waals surface area contributed by atoms with Gasteiger partial charge in [0.2, 0.25) is 5.95 Å². The number of hydrogen-bond donors (Lipinski definition) is 2. The smallest absolute Gasteiger partial charge is 0.245 e. The summed E-state index contributed by atoms with van der Waals surface area (Å²) in [5.41, 5.74) is 4.03. The molecule has 1 saturated heterocycles. The van der Waals surface area contributed by atoms with Gasteiger partial charge in [-0.1, -0.05) is 11.3 Å². The van der Waals surface area contributed by atoms with Crippen LogP contribution >= 0.6 is 12.4 Å². The second-order valence-electron chi connectivity index (χ2n) is 10.7. The Morgan fingerprint density at radius 1 is 1.00 bits per heavy atom. The summed E-state index contributed by atoms with van der Waals surface area (Å²) in [4.78, 5) is 11.3. The Morgan fingerprint density at radius 2 is 1.72 bits per heavy atom. The molecule has 36 heavy (non-hydrogen) atoms. The van der Waals surface area contributed by atoms with Crippen LogP contribution in [-0.4, -0.2) is 64.4 Å². The molecule has 0 spiro atoms. The van der Waals surface area contributed by atoms with Crippen LogP contribution in [0.25, 0.3) is 33.7 Å². The fourth-order valence-electron chi connectivity index (χ4n) is 5.24. The average Bonchev–Trinajstić information content (AvgIpc) is 3.17. The van der Waals surface area contributed by atoms with Crippen molar-refractivity contribution in [3.8, 4) is 28.3 Å². The summed E-state index contributed by atoms with van der Waals surface area (Å²) < 4.78 is 1.62. The van der Waals surface area contributed by atoms with Crippen LogP contribution in [0.2, 0.25) is 0 Å². The third kappa shape index (κ3) is 4.96. The van der Waals surface area contributed by atoms with Gasteiger partial charge in [0.25, 0.3) is 0 Å². The second-order valence-corrected chi connectivity index (χ2v) is 10.7. The third-order valence-electron chi connectivity index (χ3n) is 6.60. The SMILES string of the molecule is CN(c1ncc(-c2ccc(-c3ccc4nnn(C)c4n3)cc2O)nn1)C1CC(C)(C)NC(C)(C)C1.Cl. The number of phenols is 1. The summed E-state index contributed by atoms with van der Waals surface area (Å²) in [6.45, 7) is 8.91. The minimum Gasteiger partial charge on any atom is -0.507 e. The Hall–Kier alpha value is -3.37. The molecule has 4 aromatic rings. The van der Waals surface area contributed by atoms with Crippen LogP contribution in [0.15, 0.2) is 36.5 Å². The molecule has 1 aromatic carbocycles. The summed E-state index contributed by atoms with van der Waals surface area (Å²) in [6, 6.07) is 9.40. The zero-order valence-corrected chi connectivity index (χ0v) is 22.2. The molecule has 3 aromatic heterocycles. The summed E-state index contributed by atoms with van der Waals surface area (Å²) >= 11 is 0. The van der Waals surface area contributed by atoms with Crippen LogP contribution < -0.4 is 10.2 Å². The first-order chi connectivity index (χ1) is 16.5. The van der Waals surface area contributed by atoms with Gasteiger partial charge in [-0.3, -0.25) is 0 Å². The van der Waals surface area contributed by atoms with Gasteiger partial charge >= 0.3 is 0 Å². The van der Waals surface area contributed by atoms with Crippen LogP contribution in [0.3, 0.4) is 0 Å². The van der Waals surface area contributed by atoms with E-state index in [-0.39, 0.29) is 29.2 Å². The van der Waals surface area contributed by atoms with Crippen LogP contribution in [0.5, 0.6) is 5.75 Å².